The minimum atomic E-state index is -1.91. The van der Waals surface area contributed by atoms with Crippen molar-refractivity contribution in [3.63, 3.8) is 0 Å². The van der Waals surface area contributed by atoms with Crippen LogP contribution in [0, 0.1) is 0 Å². The van der Waals surface area contributed by atoms with E-state index in [1.807, 2.05) is 0 Å². The molecule has 23 nitrogen and oxygen atoms in total. The third kappa shape index (κ3) is 14.6. The summed E-state index contributed by atoms with van der Waals surface area (Å²) in [6.45, 7) is 8.94. The molecule has 3 aliphatic heterocycles. The van der Waals surface area contributed by atoms with Gasteiger partial charge in [0.2, 0.25) is 5.91 Å². The van der Waals surface area contributed by atoms with Crippen molar-refractivity contribution in [2.75, 3.05) is 13.2 Å². The number of ether oxygens (including phenoxy) is 13. The van der Waals surface area contributed by atoms with Crippen molar-refractivity contribution in [1.82, 2.24) is 5.32 Å². The molecule has 0 radical (unpaired) electrons. The van der Waals surface area contributed by atoms with Gasteiger partial charge < -0.3 is 72.0 Å². The van der Waals surface area contributed by atoms with Crippen LogP contribution in [-0.2, 0) is 107 Å². The fraction of sp³-hybridized carbons (Fsp3) is 0.659. The number of aliphatic hydroxyl groups is 1. The molecule has 3 aliphatic rings. The summed E-state index contributed by atoms with van der Waals surface area (Å²) in [5.41, 5.74) is 0.734. The molecule has 0 unspecified atom stereocenters. The van der Waals surface area contributed by atoms with Gasteiger partial charge in [0.25, 0.3) is 0 Å². The number of aliphatic hydroxyl groups excluding tert-OH is 1. The fourth-order valence-corrected chi connectivity index (χ4v) is 7.32. The van der Waals surface area contributed by atoms with Crippen molar-refractivity contribution in [3.8, 4) is 0 Å². The molecule has 3 heterocycles. The topological polar surface area (TPSA) is 289 Å². The Bertz CT molecular complexity index is 1810. The minimum Gasteiger partial charge on any atom is -0.463 e. The number of benzene rings is 1. The summed E-state index contributed by atoms with van der Waals surface area (Å²) < 4.78 is 76.0. The first-order chi connectivity index (χ1) is 30.1. The van der Waals surface area contributed by atoms with E-state index < -0.39 is 146 Å². The molecule has 1 aromatic rings. The Labute approximate surface area is 367 Å². The van der Waals surface area contributed by atoms with Crippen LogP contribution < -0.4 is 5.32 Å². The molecule has 23 heteroatoms. The maximum atomic E-state index is 12.8. The number of nitrogens with one attached hydrogen (secondary N) is 1. The van der Waals surface area contributed by atoms with Gasteiger partial charge in [-0.15, -0.1) is 0 Å². The molecular formula is C41H55NO22. The largest absolute Gasteiger partial charge is 0.463 e. The van der Waals surface area contributed by atoms with E-state index in [0.717, 1.165) is 61.0 Å². The highest BCUT2D eigenvalue weighted by atomic mass is 16.8. The second-order valence-electron chi connectivity index (χ2n) is 15.0. The number of carbonyl (C=O) groups is 8. The highest BCUT2D eigenvalue weighted by molar-refractivity contribution is 5.73. The monoisotopic (exact) mass is 913 g/mol. The maximum absolute atomic E-state index is 12.8. The first-order valence-electron chi connectivity index (χ1n) is 20.2. The molecule has 64 heavy (non-hydrogen) atoms. The van der Waals surface area contributed by atoms with Crippen molar-refractivity contribution < 1.29 is 105 Å². The fourth-order valence-electron chi connectivity index (χ4n) is 7.32. The predicted octanol–water partition coefficient (Wildman–Crippen LogP) is -0.181. The zero-order valence-corrected chi connectivity index (χ0v) is 36.7. The van der Waals surface area contributed by atoms with Crippen LogP contribution in [0.15, 0.2) is 30.3 Å². The third-order valence-electron chi connectivity index (χ3n) is 9.59. The number of hydrogen-bond acceptors (Lipinski definition) is 22. The van der Waals surface area contributed by atoms with Crippen LogP contribution in [0.2, 0.25) is 0 Å². The zero-order valence-electron chi connectivity index (χ0n) is 36.7. The van der Waals surface area contributed by atoms with Gasteiger partial charge >= 0.3 is 41.8 Å². The van der Waals surface area contributed by atoms with E-state index in [2.05, 4.69) is 5.32 Å². The lowest BCUT2D eigenvalue weighted by molar-refractivity contribution is -0.371. The lowest BCUT2D eigenvalue weighted by atomic mass is 9.94. The van der Waals surface area contributed by atoms with Gasteiger partial charge in [0.1, 0.15) is 37.1 Å². The Kier molecular flexibility index (Phi) is 18.9. The second-order valence-corrected chi connectivity index (χ2v) is 15.0. The van der Waals surface area contributed by atoms with Crippen LogP contribution in [0.3, 0.4) is 0 Å². The third-order valence-corrected chi connectivity index (χ3v) is 9.59. The lowest BCUT2D eigenvalue weighted by Gasteiger charge is -2.50. The molecule has 15 atom stereocenters. The van der Waals surface area contributed by atoms with Crippen molar-refractivity contribution in [2.24, 2.45) is 0 Å². The first-order valence-corrected chi connectivity index (χ1v) is 20.2. The average molecular weight is 914 g/mol. The number of amides is 1. The van der Waals surface area contributed by atoms with E-state index >= 15 is 0 Å². The van der Waals surface area contributed by atoms with Gasteiger partial charge in [-0.3, -0.25) is 38.4 Å². The number of carbonyl (C=O) groups excluding carboxylic acids is 8. The smallest absolute Gasteiger partial charge is 0.303 e. The molecule has 1 amide bonds. The first kappa shape index (κ1) is 51.3. The Morgan fingerprint density at radius 1 is 0.531 bits per heavy atom. The Balaban J connectivity index is 1.90. The van der Waals surface area contributed by atoms with E-state index in [-0.39, 0.29) is 13.2 Å². The molecule has 0 spiro atoms. The van der Waals surface area contributed by atoms with Crippen molar-refractivity contribution in [1.29, 1.82) is 0 Å². The molecule has 0 aliphatic carbocycles. The van der Waals surface area contributed by atoms with Crippen LogP contribution in [0.5, 0.6) is 0 Å². The van der Waals surface area contributed by atoms with Gasteiger partial charge in [-0.05, 0) is 12.5 Å². The number of hydrogen-bond donors (Lipinski definition) is 2. The zero-order chi connectivity index (χ0) is 47.4. The van der Waals surface area contributed by atoms with Crippen LogP contribution in [0.25, 0.3) is 0 Å². The molecule has 0 saturated carbocycles. The Morgan fingerprint density at radius 2 is 0.984 bits per heavy atom. The van der Waals surface area contributed by atoms with Gasteiger partial charge in [-0.2, -0.15) is 0 Å². The summed E-state index contributed by atoms with van der Waals surface area (Å²) >= 11 is 0. The van der Waals surface area contributed by atoms with Crippen molar-refractivity contribution >= 4 is 47.7 Å². The van der Waals surface area contributed by atoms with E-state index in [1.54, 1.807) is 30.3 Å². The van der Waals surface area contributed by atoms with E-state index in [1.165, 1.54) is 6.92 Å². The molecule has 2 N–H and O–H groups in total. The normalized spacial score (nSPS) is 32.4. The van der Waals surface area contributed by atoms with Gasteiger partial charge in [-0.1, -0.05) is 30.3 Å². The summed E-state index contributed by atoms with van der Waals surface area (Å²) in [6.07, 6.45) is -22.5. The van der Waals surface area contributed by atoms with Crippen LogP contribution >= 0.6 is 0 Å². The minimum absolute atomic E-state index is 0.00941. The van der Waals surface area contributed by atoms with Gasteiger partial charge in [-0.25, -0.2) is 0 Å². The SMILES string of the molecule is CC(=O)N[C@@H]1[C@@H](O[C@@H]2O[C@H](COC(C)=O)[C@H](OC(C)=O)[C@H](OC(C)=O)[C@H]2OC(C)=O)[C@H](O[C@@H]2O[C@@H](C)[C@H](OC(C)=O)[C@@H](OC(C)=O)[C@H]2OC(C)=O)[C@@H](COCc2ccccc2)O[C@H]1O. The standard InChI is InChI=1S/C41H55NO22/c1-18-31(55-21(4)45)35(57-23(6)47)37(59-25(8)49)40(54-18)63-32-28(16-52-15-27-13-11-10-12-14-27)61-39(51)30(42-19(2)43)34(32)64-41-38(60-26(9)50)36(58-24(7)48)33(56-22(5)46)29(62-41)17-53-20(3)44/h10-14,18,28-41,51H,15-17H2,1-9H3,(H,42,43)/t18-,28+,29+,30+,31-,32+,33-,34+,35+,36-,37+,38+,39+,40-,41-/m0/s1. The van der Waals surface area contributed by atoms with Crippen molar-refractivity contribution in [2.45, 2.75) is 161 Å². The maximum Gasteiger partial charge on any atom is 0.303 e. The molecule has 3 fully saturated rings. The van der Waals surface area contributed by atoms with Gasteiger partial charge in [0.15, 0.2) is 55.5 Å². The number of esters is 7. The summed E-state index contributed by atoms with van der Waals surface area (Å²) in [4.78, 5) is 99.8. The van der Waals surface area contributed by atoms with E-state index in [0.29, 0.717) is 0 Å². The molecule has 0 aromatic heterocycles. The molecule has 3 saturated heterocycles. The molecule has 4 rings (SSSR count). The Hall–Kier alpha value is -5.30. The quantitative estimate of drug-likeness (QED) is 0.151. The summed E-state index contributed by atoms with van der Waals surface area (Å²) in [5.74, 6) is -6.86. The average Bonchev–Trinajstić information content (AvgIpc) is 3.18. The van der Waals surface area contributed by atoms with E-state index in [9.17, 15) is 43.5 Å². The summed E-state index contributed by atoms with van der Waals surface area (Å²) in [6, 6.07) is 7.31. The summed E-state index contributed by atoms with van der Waals surface area (Å²) in [5, 5.41) is 14.1. The van der Waals surface area contributed by atoms with Gasteiger partial charge in [0.05, 0.1) is 19.3 Å². The highest BCUT2D eigenvalue weighted by Crippen LogP contribution is 2.37. The van der Waals surface area contributed by atoms with Crippen LogP contribution in [0.4, 0.5) is 0 Å². The molecule has 0 bridgehead atoms. The predicted molar refractivity (Wildman–Crippen MR) is 207 cm³/mol. The summed E-state index contributed by atoms with van der Waals surface area (Å²) in [7, 11) is 0. The van der Waals surface area contributed by atoms with E-state index in [4.69, 9.17) is 61.6 Å². The van der Waals surface area contributed by atoms with Crippen molar-refractivity contribution in [3.05, 3.63) is 35.9 Å². The lowest BCUT2D eigenvalue weighted by Crippen LogP contribution is -2.70. The Morgan fingerprint density at radius 3 is 1.50 bits per heavy atom. The molecule has 356 valence electrons. The second kappa shape index (κ2) is 23.6. The van der Waals surface area contributed by atoms with Crippen LogP contribution in [0.1, 0.15) is 67.9 Å². The molecule has 1 aromatic carbocycles. The molecular weight excluding hydrogens is 858 g/mol. The highest BCUT2D eigenvalue weighted by Gasteiger charge is 2.58. The van der Waals surface area contributed by atoms with Crippen LogP contribution in [-0.4, -0.2) is 158 Å². The van der Waals surface area contributed by atoms with Gasteiger partial charge in [0, 0.05) is 55.4 Å². The number of rotatable bonds is 17.